The minimum atomic E-state index is -0.270. The molecule has 0 radical (unpaired) electrons. The summed E-state index contributed by atoms with van der Waals surface area (Å²) in [6, 6.07) is 0. The molecule has 0 aliphatic rings. The fourth-order valence-electron chi connectivity index (χ4n) is 1.37. The predicted molar refractivity (Wildman–Crippen MR) is 80.8 cm³/mol. The van der Waals surface area contributed by atoms with Crippen LogP contribution in [0.4, 0.5) is 0 Å². The monoisotopic (exact) mass is 288 g/mol. The molecular weight excluding hydrogens is 256 g/mol. The highest BCUT2D eigenvalue weighted by molar-refractivity contribution is 5.71. The van der Waals surface area contributed by atoms with Crippen LogP contribution in [0.3, 0.4) is 0 Å². The third kappa shape index (κ3) is 9.32. The summed E-state index contributed by atoms with van der Waals surface area (Å²) in [6.07, 6.45) is 1.80. The van der Waals surface area contributed by atoms with Crippen molar-refractivity contribution >= 4 is 5.97 Å². The van der Waals surface area contributed by atoms with Crippen molar-refractivity contribution in [2.45, 2.75) is 72.5 Å². The van der Waals surface area contributed by atoms with Crippen LogP contribution in [0.5, 0.6) is 0 Å². The van der Waals surface area contributed by atoms with Crippen molar-refractivity contribution in [2.75, 3.05) is 19.8 Å². The molecule has 4 nitrogen and oxygen atoms in total. The number of esters is 1. The van der Waals surface area contributed by atoms with Gasteiger partial charge in [0.25, 0.3) is 0 Å². The highest BCUT2D eigenvalue weighted by Gasteiger charge is 2.21. The molecule has 0 N–H and O–H groups in total. The molecule has 0 saturated heterocycles. The zero-order valence-corrected chi connectivity index (χ0v) is 14.2. The average molecular weight is 288 g/mol. The van der Waals surface area contributed by atoms with E-state index in [2.05, 4.69) is 20.8 Å². The lowest BCUT2D eigenvalue weighted by atomic mass is 10.0. The minimum Gasteiger partial charge on any atom is -0.463 e. The van der Waals surface area contributed by atoms with Crippen LogP contribution in [-0.2, 0) is 19.0 Å². The van der Waals surface area contributed by atoms with Crippen LogP contribution in [0.15, 0.2) is 0 Å². The highest BCUT2D eigenvalue weighted by atomic mass is 16.6. The van der Waals surface area contributed by atoms with Crippen molar-refractivity contribution in [3.8, 4) is 0 Å². The first-order valence-electron chi connectivity index (χ1n) is 7.54. The molecule has 0 aliphatic carbocycles. The van der Waals surface area contributed by atoms with E-state index in [9.17, 15) is 4.79 Å². The Morgan fingerprint density at radius 2 is 1.50 bits per heavy atom. The fourth-order valence-corrected chi connectivity index (χ4v) is 1.37. The summed E-state index contributed by atoms with van der Waals surface area (Å²) >= 11 is 0. The van der Waals surface area contributed by atoms with Crippen molar-refractivity contribution in [1.29, 1.82) is 0 Å². The number of carbonyl (C=O) groups excluding carboxylic acids is 1. The summed E-state index contributed by atoms with van der Waals surface area (Å²) in [6.45, 7) is 15.4. The van der Waals surface area contributed by atoms with E-state index in [4.69, 9.17) is 14.2 Å². The number of ether oxygens (including phenoxy) is 3. The summed E-state index contributed by atoms with van der Waals surface area (Å²) in [5, 5.41) is 0. The molecule has 120 valence electrons. The van der Waals surface area contributed by atoms with Gasteiger partial charge in [-0.25, -0.2) is 0 Å². The van der Waals surface area contributed by atoms with Gasteiger partial charge in [0.2, 0.25) is 0 Å². The second-order valence-electron chi connectivity index (χ2n) is 6.64. The predicted octanol–water partition coefficient (Wildman–Crippen LogP) is 3.58. The number of rotatable bonds is 10. The zero-order valence-electron chi connectivity index (χ0n) is 14.2. The largest absolute Gasteiger partial charge is 0.463 e. The Morgan fingerprint density at radius 3 is 2.00 bits per heavy atom. The number of hydrogen-bond donors (Lipinski definition) is 0. The van der Waals surface area contributed by atoms with Crippen molar-refractivity contribution in [2.24, 2.45) is 5.92 Å². The van der Waals surface area contributed by atoms with Crippen molar-refractivity contribution in [1.82, 2.24) is 0 Å². The second-order valence-corrected chi connectivity index (χ2v) is 6.64. The molecule has 0 aromatic heterocycles. The van der Waals surface area contributed by atoms with Gasteiger partial charge in [-0.05, 0) is 40.5 Å². The summed E-state index contributed by atoms with van der Waals surface area (Å²) in [7, 11) is 0. The number of hydrogen-bond acceptors (Lipinski definition) is 4. The van der Waals surface area contributed by atoms with E-state index in [1.165, 1.54) is 0 Å². The average Bonchev–Trinajstić information content (AvgIpc) is 2.33. The first-order valence-corrected chi connectivity index (χ1v) is 7.54. The van der Waals surface area contributed by atoms with Crippen LogP contribution in [0.25, 0.3) is 0 Å². The standard InChI is InChI=1S/C16H32O4/c1-8-15(4,5)19-10-9-16(6,7)20-12-11-18-14(17)13(2)3/h13H,8-12H2,1-7H3. The van der Waals surface area contributed by atoms with E-state index in [1.807, 2.05) is 27.7 Å². The molecule has 4 heteroatoms. The Labute approximate surface area is 124 Å². The molecule has 0 spiro atoms. The highest BCUT2D eigenvalue weighted by Crippen LogP contribution is 2.19. The van der Waals surface area contributed by atoms with Gasteiger partial charge in [-0.1, -0.05) is 20.8 Å². The van der Waals surface area contributed by atoms with Crippen molar-refractivity contribution in [3.63, 3.8) is 0 Å². The molecule has 0 fully saturated rings. The lowest BCUT2D eigenvalue weighted by molar-refractivity contribution is -0.151. The molecule has 0 heterocycles. The zero-order chi connectivity index (χ0) is 15.8. The summed E-state index contributed by atoms with van der Waals surface area (Å²) < 4.78 is 16.7. The summed E-state index contributed by atoms with van der Waals surface area (Å²) in [4.78, 5) is 11.3. The quantitative estimate of drug-likeness (QED) is 0.455. The summed E-state index contributed by atoms with van der Waals surface area (Å²) in [5.41, 5.74) is -0.350. The Balaban J connectivity index is 3.82. The molecule has 0 aromatic rings. The van der Waals surface area contributed by atoms with Gasteiger partial charge in [-0.3, -0.25) is 4.79 Å². The topological polar surface area (TPSA) is 44.8 Å². The van der Waals surface area contributed by atoms with Crippen LogP contribution in [0.2, 0.25) is 0 Å². The lowest BCUT2D eigenvalue weighted by Gasteiger charge is -2.29. The second kappa shape index (κ2) is 8.63. The Kier molecular flexibility index (Phi) is 8.36. The maximum atomic E-state index is 11.3. The van der Waals surface area contributed by atoms with E-state index >= 15 is 0 Å². The van der Waals surface area contributed by atoms with Crippen LogP contribution in [0, 0.1) is 5.92 Å². The van der Waals surface area contributed by atoms with Gasteiger partial charge in [-0.15, -0.1) is 0 Å². The maximum Gasteiger partial charge on any atom is 0.308 e. The van der Waals surface area contributed by atoms with E-state index < -0.39 is 0 Å². The van der Waals surface area contributed by atoms with Gasteiger partial charge in [0.05, 0.1) is 30.3 Å². The maximum absolute atomic E-state index is 11.3. The van der Waals surface area contributed by atoms with Crippen LogP contribution in [-0.4, -0.2) is 37.0 Å². The molecule has 0 aromatic carbocycles. The van der Waals surface area contributed by atoms with Gasteiger partial charge in [-0.2, -0.15) is 0 Å². The van der Waals surface area contributed by atoms with E-state index in [-0.39, 0.29) is 23.1 Å². The van der Waals surface area contributed by atoms with Gasteiger partial charge in [0.1, 0.15) is 6.61 Å². The van der Waals surface area contributed by atoms with Crippen LogP contribution >= 0.6 is 0 Å². The van der Waals surface area contributed by atoms with E-state index in [1.54, 1.807) is 0 Å². The van der Waals surface area contributed by atoms with Gasteiger partial charge >= 0.3 is 5.97 Å². The van der Waals surface area contributed by atoms with E-state index in [0.29, 0.717) is 19.8 Å². The summed E-state index contributed by atoms with van der Waals surface area (Å²) in [5.74, 6) is -0.271. The SMILES string of the molecule is CCC(C)(C)OCCC(C)(C)OCCOC(=O)C(C)C. The fraction of sp³-hybridized carbons (Fsp3) is 0.938. The van der Waals surface area contributed by atoms with Crippen molar-refractivity contribution in [3.05, 3.63) is 0 Å². The normalized spacial score (nSPS) is 12.8. The third-order valence-corrected chi connectivity index (χ3v) is 3.34. The Hall–Kier alpha value is -0.610. The Bertz CT molecular complexity index is 282. The molecule has 0 bridgehead atoms. The first-order chi connectivity index (χ1) is 9.09. The van der Waals surface area contributed by atoms with Crippen LogP contribution < -0.4 is 0 Å². The molecule has 0 saturated carbocycles. The molecule has 0 aliphatic heterocycles. The lowest BCUT2D eigenvalue weighted by Crippen LogP contribution is -2.31. The first kappa shape index (κ1) is 19.4. The van der Waals surface area contributed by atoms with Gasteiger partial charge in [0, 0.05) is 0 Å². The Morgan fingerprint density at radius 1 is 0.950 bits per heavy atom. The molecule has 0 unspecified atom stereocenters. The molecular formula is C16H32O4. The van der Waals surface area contributed by atoms with Gasteiger partial charge in [0.15, 0.2) is 0 Å². The van der Waals surface area contributed by atoms with Crippen molar-refractivity contribution < 1.29 is 19.0 Å². The third-order valence-electron chi connectivity index (χ3n) is 3.34. The van der Waals surface area contributed by atoms with E-state index in [0.717, 1.165) is 12.8 Å². The number of carbonyl (C=O) groups is 1. The van der Waals surface area contributed by atoms with Crippen LogP contribution in [0.1, 0.15) is 61.3 Å². The van der Waals surface area contributed by atoms with Gasteiger partial charge < -0.3 is 14.2 Å². The minimum absolute atomic E-state index is 0.0805. The molecule has 0 amide bonds. The molecule has 20 heavy (non-hydrogen) atoms. The molecule has 0 atom stereocenters. The smallest absolute Gasteiger partial charge is 0.308 e. The molecule has 0 rings (SSSR count).